The molecule has 0 aliphatic carbocycles. The summed E-state index contributed by atoms with van der Waals surface area (Å²) in [6, 6.07) is 16.4. The molecule has 0 aromatic heterocycles. The van der Waals surface area contributed by atoms with Crippen molar-refractivity contribution in [3.63, 3.8) is 0 Å². The Morgan fingerprint density at radius 2 is 1.48 bits per heavy atom. The Bertz CT molecular complexity index is 654. The molecule has 0 radical (unpaired) electrons. The van der Waals surface area contributed by atoms with Gasteiger partial charge >= 0.3 is 0 Å². The number of methoxy groups -OCH3 is 1. The molecule has 0 atom stereocenters. The average molecular weight is 304 g/mol. The van der Waals surface area contributed by atoms with E-state index in [-0.39, 0.29) is 0 Å². The number of hydrogen-bond donors (Lipinski definition) is 0. The van der Waals surface area contributed by atoms with E-state index in [1.165, 1.54) is 24.8 Å². The van der Waals surface area contributed by atoms with Gasteiger partial charge in [0.25, 0.3) is 0 Å². The van der Waals surface area contributed by atoms with E-state index < -0.39 is 0 Å². The molecule has 0 saturated carbocycles. The third-order valence-electron chi connectivity index (χ3n) is 3.77. The molecule has 0 fully saturated rings. The highest BCUT2D eigenvalue weighted by molar-refractivity contribution is 5.44. The highest BCUT2D eigenvalue weighted by Gasteiger charge is 1.95. The SMILES string of the molecule is C=CCCCCCc1ccc(C#Cc2ccc(OC)cc2)cc1. The number of ether oxygens (including phenoxy) is 1. The zero-order valence-corrected chi connectivity index (χ0v) is 13.8. The van der Waals surface area contributed by atoms with Gasteiger partial charge in [-0.2, -0.15) is 0 Å². The zero-order chi connectivity index (χ0) is 16.3. The third kappa shape index (κ3) is 6.04. The number of hydrogen-bond acceptors (Lipinski definition) is 1. The van der Waals surface area contributed by atoms with Crippen LogP contribution in [0.15, 0.2) is 61.2 Å². The van der Waals surface area contributed by atoms with Crippen LogP contribution < -0.4 is 4.74 Å². The van der Waals surface area contributed by atoms with Gasteiger partial charge < -0.3 is 4.74 Å². The quantitative estimate of drug-likeness (QED) is 0.379. The molecule has 0 amide bonds. The van der Waals surface area contributed by atoms with Gasteiger partial charge in [-0.05, 0) is 67.6 Å². The van der Waals surface area contributed by atoms with Gasteiger partial charge in [0.1, 0.15) is 5.75 Å². The minimum atomic E-state index is 0.855. The molecule has 0 N–H and O–H groups in total. The molecule has 0 saturated heterocycles. The number of unbranched alkanes of at least 4 members (excludes halogenated alkanes) is 3. The normalized spacial score (nSPS) is 9.78. The first kappa shape index (κ1) is 16.9. The van der Waals surface area contributed by atoms with Crippen molar-refractivity contribution in [2.75, 3.05) is 7.11 Å². The molecule has 0 heterocycles. The Morgan fingerprint density at radius 1 is 0.870 bits per heavy atom. The van der Waals surface area contributed by atoms with E-state index in [4.69, 9.17) is 4.74 Å². The summed E-state index contributed by atoms with van der Waals surface area (Å²) in [6.45, 7) is 3.76. The Hall–Kier alpha value is -2.46. The summed E-state index contributed by atoms with van der Waals surface area (Å²) in [7, 11) is 1.67. The first-order valence-electron chi connectivity index (χ1n) is 8.18. The molecule has 0 aliphatic rings. The Kier molecular flexibility index (Phi) is 7.01. The minimum absolute atomic E-state index is 0.855. The second-order valence-corrected chi connectivity index (χ2v) is 5.56. The van der Waals surface area contributed by atoms with Gasteiger partial charge in [0.2, 0.25) is 0 Å². The van der Waals surface area contributed by atoms with Crippen molar-refractivity contribution in [2.24, 2.45) is 0 Å². The van der Waals surface area contributed by atoms with Crippen LogP contribution in [0.25, 0.3) is 0 Å². The van der Waals surface area contributed by atoms with Gasteiger partial charge in [0, 0.05) is 11.1 Å². The van der Waals surface area contributed by atoms with Gasteiger partial charge in [-0.3, -0.25) is 0 Å². The third-order valence-corrected chi connectivity index (χ3v) is 3.77. The van der Waals surface area contributed by atoms with Crippen molar-refractivity contribution in [3.05, 3.63) is 77.9 Å². The smallest absolute Gasteiger partial charge is 0.118 e. The van der Waals surface area contributed by atoms with Crippen LogP contribution in [0.1, 0.15) is 42.4 Å². The van der Waals surface area contributed by atoms with Crippen molar-refractivity contribution >= 4 is 0 Å². The van der Waals surface area contributed by atoms with E-state index in [9.17, 15) is 0 Å². The van der Waals surface area contributed by atoms with Gasteiger partial charge in [-0.25, -0.2) is 0 Å². The fourth-order valence-electron chi connectivity index (χ4n) is 2.37. The maximum absolute atomic E-state index is 5.15. The van der Waals surface area contributed by atoms with Crippen LogP contribution in [0.3, 0.4) is 0 Å². The van der Waals surface area contributed by atoms with Crippen LogP contribution in [-0.2, 0) is 6.42 Å². The van der Waals surface area contributed by atoms with Gasteiger partial charge in [-0.15, -0.1) is 6.58 Å². The second-order valence-electron chi connectivity index (χ2n) is 5.56. The minimum Gasteiger partial charge on any atom is -0.497 e. The molecular formula is C22H24O. The highest BCUT2D eigenvalue weighted by Crippen LogP contribution is 2.11. The average Bonchev–Trinajstić information content (AvgIpc) is 2.61. The van der Waals surface area contributed by atoms with E-state index in [0.717, 1.165) is 29.7 Å². The number of allylic oxidation sites excluding steroid dienone is 1. The fourth-order valence-corrected chi connectivity index (χ4v) is 2.37. The molecule has 2 rings (SSSR count). The summed E-state index contributed by atoms with van der Waals surface area (Å²) < 4.78 is 5.15. The molecule has 2 aromatic carbocycles. The summed E-state index contributed by atoms with van der Waals surface area (Å²) in [5.74, 6) is 7.25. The molecule has 0 unspecified atom stereocenters. The number of rotatable bonds is 7. The lowest BCUT2D eigenvalue weighted by atomic mass is 10.0. The van der Waals surface area contributed by atoms with E-state index in [1.54, 1.807) is 7.11 Å². The monoisotopic (exact) mass is 304 g/mol. The first-order valence-corrected chi connectivity index (χ1v) is 8.18. The van der Waals surface area contributed by atoms with Crippen molar-refractivity contribution in [3.8, 4) is 17.6 Å². The molecule has 0 aliphatic heterocycles. The van der Waals surface area contributed by atoms with E-state index in [0.29, 0.717) is 0 Å². The topological polar surface area (TPSA) is 9.23 Å². The van der Waals surface area contributed by atoms with Crippen LogP contribution in [0.5, 0.6) is 5.75 Å². The Morgan fingerprint density at radius 3 is 2.04 bits per heavy atom. The fraction of sp³-hybridized carbons (Fsp3) is 0.273. The van der Waals surface area contributed by atoms with Crippen molar-refractivity contribution in [1.82, 2.24) is 0 Å². The zero-order valence-electron chi connectivity index (χ0n) is 13.8. The maximum atomic E-state index is 5.15. The van der Waals surface area contributed by atoms with Crippen LogP contribution in [-0.4, -0.2) is 7.11 Å². The highest BCUT2D eigenvalue weighted by atomic mass is 16.5. The predicted molar refractivity (Wildman–Crippen MR) is 97.8 cm³/mol. The van der Waals surface area contributed by atoms with Crippen LogP contribution in [0.2, 0.25) is 0 Å². The van der Waals surface area contributed by atoms with Crippen molar-refractivity contribution < 1.29 is 4.74 Å². The standard InChI is InChI=1S/C22H24O/c1-3-4-5-6-7-8-19-9-11-20(12-10-19)13-14-21-15-17-22(23-2)18-16-21/h3,9-12,15-18H,1,4-8H2,2H3. The van der Waals surface area contributed by atoms with Gasteiger partial charge in [0.15, 0.2) is 0 Å². The van der Waals surface area contributed by atoms with E-state index in [2.05, 4.69) is 42.7 Å². The Labute approximate surface area is 140 Å². The lowest BCUT2D eigenvalue weighted by molar-refractivity contribution is 0.415. The van der Waals surface area contributed by atoms with Crippen LogP contribution in [0.4, 0.5) is 0 Å². The van der Waals surface area contributed by atoms with Gasteiger partial charge in [-0.1, -0.05) is 36.5 Å². The van der Waals surface area contributed by atoms with Crippen molar-refractivity contribution in [2.45, 2.75) is 32.1 Å². The summed E-state index contributed by atoms with van der Waals surface area (Å²) >= 11 is 0. The largest absolute Gasteiger partial charge is 0.497 e. The van der Waals surface area contributed by atoms with E-state index >= 15 is 0 Å². The van der Waals surface area contributed by atoms with Crippen molar-refractivity contribution in [1.29, 1.82) is 0 Å². The van der Waals surface area contributed by atoms with Gasteiger partial charge in [0.05, 0.1) is 7.11 Å². The molecule has 23 heavy (non-hydrogen) atoms. The molecule has 0 spiro atoms. The predicted octanol–water partition coefficient (Wildman–Crippen LogP) is 5.38. The first-order chi connectivity index (χ1) is 11.3. The Balaban J connectivity index is 1.87. The lowest BCUT2D eigenvalue weighted by Gasteiger charge is -2.01. The summed E-state index contributed by atoms with van der Waals surface area (Å²) in [4.78, 5) is 0. The molecule has 0 bridgehead atoms. The summed E-state index contributed by atoms with van der Waals surface area (Å²) in [6.07, 6.45) is 8.02. The molecule has 2 aromatic rings. The molecule has 1 nitrogen and oxygen atoms in total. The summed E-state index contributed by atoms with van der Waals surface area (Å²) in [5.41, 5.74) is 3.44. The molecule has 118 valence electrons. The maximum Gasteiger partial charge on any atom is 0.118 e. The summed E-state index contributed by atoms with van der Waals surface area (Å²) in [5, 5.41) is 0. The van der Waals surface area contributed by atoms with Crippen LogP contribution in [0, 0.1) is 11.8 Å². The molecule has 1 heteroatoms. The number of aryl methyl sites for hydroxylation is 1. The van der Waals surface area contributed by atoms with Crippen LogP contribution >= 0.6 is 0 Å². The molecular weight excluding hydrogens is 280 g/mol. The lowest BCUT2D eigenvalue weighted by Crippen LogP contribution is -1.86. The second kappa shape index (κ2) is 9.54. The van der Waals surface area contributed by atoms with E-state index in [1.807, 2.05) is 30.3 Å². The number of benzene rings is 2.